The maximum Gasteiger partial charge on any atom is 0.158 e. The molecule has 0 amide bonds. The first-order valence-corrected chi connectivity index (χ1v) is 6.15. The van der Waals surface area contributed by atoms with Gasteiger partial charge < -0.3 is 4.98 Å². The van der Waals surface area contributed by atoms with Crippen LogP contribution in [0.4, 0.5) is 0 Å². The Bertz CT molecular complexity index is 705. The van der Waals surface area contributed by atoms with E-state index < -0.39 is 0 Å². The van der Waals surface area contributed by atoms with E-state index in [1.807, 2.05) is 28.4 Å². The Hall–Kier alpha value is -1.46. The Morgan fingerprint density at radius 1 is 1.50 bits per heavy atom. The molecule has 3 aromatic rings. The van der Waals surface area contributed by atoms with Gasteiger partial charge in [0.05, 0.1) is 17.4 Å². The number of hydrogen-bond acceptors (Lipinski definition) is 3. The predicted molar refractivity (Wildman–Crippen MR) is 68.4 cm³/mol. The lowest BCUT2D eigenvalue weighted by molar-refractivity contribution is 0.958. The highest BCUT2D eigenvalue weighted by molar-refractivity contribution is 7.73. The Balaban J connectivity index is 2.31. The normalized spacial score (nSPS) is 11.1. The van der Waals surface area contributed by atoms with Crippen LogP contribution in [0.5, 0.6) is 0 Å². The van der Waals surface area contributed by atoms with Gasteiger partial charge in [0.1, 0.15) is 0 Å². The highest BCUT2D eigenvalue weighted by Crippen LogP contribution is 2.25. The van der Waals surface area contributed by atoms with Crippen molar-refractivity contribution in [3.05, 3.63) is 39.4 Å². The van der Waals surface area contributed by atoms with Crippen LogP contribution >= 0.6 is 23.6 Å². The van der Waals surface area contributed by atoms with Crippen molar-refractivity contribution in [2.24, 2.45) is 0 Å². The van der Waals surface area contributed by atoms with Gasteiger partial charge in [-0.15, -0.1) is 11.3 Å². The van der Waals surface area contributed by atoms with Crippen LogP contribution in [0.25, 0.3) is 16.8 Å². The molecule has 0 spiro atoms. The number of nitrogens with zero attached hydrogens (tertiary/aromatic N) is 2. The molecule has 3 rings (SSSR count). The highest BCUT2D eigenvalue weighted by Gasteiger charge is 2.07. The van der Waals surface area contributed by atoms with Gasteiger partial charge in [-0.2, -0.15) is 5.10 Å². The molecule has 3 aromatic heterocycles. The van der Waals surface area contributed by atoms with E-state index in [9.17, 15) is 0 Å². The minimum Gasteiger partial charge on any atom is -0.337 e. The monoisotopic (exact) mass is 247 g/mol. The number of pyridine rings is 1. The number of rotatable bonds is 1. The minimum atomic E-state index is 0.794. The van der Waals surface area contributed by atoms with Gasteiger partial charge in [-0.1, -0.05) is 0 Å². The second kappa shape index (κ2) is 3.54. The van der Waals surface area contributed by atoms with Crippen LogP contribution < -0.4 is 0 Å². The summed E-state index contributed by atoms with van der Waals surface area (Å²) in [6.07, 6.45) is 3.83. The van der Waals surface area contributed by atoms with Crippen LogP contribution in [0.2, 0.25) is 0 Å². The Morgan fingerprint density at radius 2 is 2.38 bits per heavy atom. The van der Waals surface area contributed by atoms with E-state index >= 15 is 0 Å². The summed E-state index contributed by atoms with van der Waals surface area (Å²) in [5.74, 6) is 0. The molecule has 16 heavy (non-hydrogen) atoms. The summed E-state index contributed by atoms with van der Waals surface area (Å²) in [6.45, 7) is 2.08. The van der Waals surface area contributed by atoms with Gasteiger partial charge >= 0.3 is 0 Å². The average molecular weight is 247 g/mol. The van der Waals surface area contributed by atoms with Crippen LogP contribution in [0, 0.1) is 10.9 Å². The number of thiazole rings is 1. The van der Waals surface area contributed by atoms with E-state index in [4.69, 9.17) is 12.2 Å². The number of hydrogen-bond donors (Lipinski definition) is 1. The van der Waals surface area contributed by atoms with E-state index in [0.717, 1.165) is 20.7 Å². The van der Waals surface area contributed by atoms with Gasteiger partial charge in [0.15, 0.2) is 3.95 Å². The molecule has 0 bridgehead atoms. The number of aryl methyl sites for hydroxylation is 1. The highest BCUT2D eigenvalue weighted by atomic mass is 32.1. The van der Waals surface area contributed by atoms with Crippen LogP contribution in [-0.2, 0) is 0 Å². The van der Waals surface area contributed by atoms with Crippen molar-refractivity contribution in [1.29, 1.82) is 0 Å². The van der Waals surface area contributed by atoms with E-state index in [-0.39, 0.29) is 0 Å². The zero-order valence-electron chi connectivity index (χ0n) is 8.60. The fourth-order valence-electron chi connectivity index (χ4n) is 1.71. The summed E-state index contributed by atoms with van der Waals surface area (Å²) < 4.78 is 2.67. The first-order chi connectivity index (χ1) is 7.74. The molecular formula is C11H9N3S2. The van der Waals surface area contributed by atoms with E-state index in [1.54, 1.807) is 0 Å². The third kappa shape index (κ3) is 1.48. The summed E-state index contributed by atoms with van der Waals surface area (Å²) >= 11 is 6.63. The number of aromatic amines is 1. The first-order valence-electron chi connectivity index (χ1n) is 4.86. The second-order valence-electron chi connectivity index (χ2n) is 3.65. The third-order valence-electron chi connectivity index (χ3n) is 2.49. The van der Waals surface area contributed by atoms with Crippen molar-refractivity contribution in [2.45, 2.75) is 6.92 Å². The van der Waals surface area contributed by atoms with Gasteiger partial charge in [-0.05, 0) is 36.8 Å². The zero-order chi connectivity index (χ0) is 11.1. The summed E-state index contributed by atoms with van der Waals surface area (Å²) in [6, 6.07) is 4.16. The first kappa shape index (κ1) is 9.74. The van der Waals surface area contributed by atoms with Crippen molar-refractivity contribution in [3.8, 4) is 11.3 Å². The lowest BCUT2D eigenvalue weighted by Gasteiger charge is -1.97. The molecule has 0 aromatic carbocycles. The second-order valence-corrected chi connectivity index (χ2v) is 5.20. The van der Waals surface area contributed by atoms with E-state index in [1.165, 1.54) is 16.9 Å². The molecule has 0 aliphatic heterocycles. The van der Waals surface area contributed by atoms with Crippen molar-refractivity contribution in [2.75, 3.05) is 0 Å². The van der Waals surface area contributed by atoms with Crippen molar-refractivity contribution >= 4 is 29.1 Å². The van der Waals surface area contributed by atoms with Gasteiger partial charge in [0, 0.05) is 17.1 Å². The average Bonchev–Trinajstić information content (AvgIpc) is 2.83. The number of H-pyrrole nitrogens is 1. The summed E-state index contributed by atoms with van der Waals surface area (Å²) in [5, 5.41) is 6.34. The molecule has 80 valence electrons. The lowest BCUT2D eigenvalue weighted by Crippen LogP contribution is -1.86. The Kier molecular flexibility index (Phi) is 2.15. The molecule has 0 fully saturated rings. The molecule has 1 N–H and O–H groups in total. The molecule has 5 heteroatoms. The summed E-state index contributed by atoms with van der Waals surface area (Å²) in [4.78, 5) is 3.17. The van der Waals surface area contributed by atoms with Crippen molar-refractivity contribution in [3.63, 3.8) is 0 Å². The smallest absolute Gasteiger partial charge is 0.158 e. The van der Waals surface area contributed by atoms with Crippen LogP contribution in [0.1, 0.15) is 5.56 Å². The van der Waals surface area contributed by atoms with E-state index in [0.29, 0.717) is 0 Å². The molecule has 3 nitrogen and oxygen atoms in total. The maximum absolute atomic E-state index is 5.09. The van der Waals surface area contributed by atoms with Gasteiger partial charge in [0.25, 0.3) is 0 Å². The molecule has 0 radical (unpaired) electrons. The van der Waals surface area contributed by atoms with Crippen LogP contribution in [-0.4, -0.2) is 14.6 Å². The summed E-state index contributed by atoms with van der Waals surface area (Å²) in [5.41, 5.74) is 4.46. The van der Waals surface area contributed by atoms with Crippen molar-refractivity contribution in [1.82, 2.24) is 14.6 Å². The number of nitrogens with one attached hydrogen (secondary N) is 1. The minimum absolute atomic E-state index is 0.794. The predicted octanol–water partition coefficient (Wildman–Crippen LogP) is 3.43. The molecule has 3 heterocycles. The number of fused-ring (bicyclic) bond motifs is 1. The molecule has 0 saturated heterocycles. The largest absolute Gasteiger partial charge is 0.337 e. The number of aromatic nitrogens is 3. The molecular weight excluding hydrogens is 238 g/mol. The fourth-order valence-corrected chi connectivity index (χ4v) is 2.54. The fraction of sp³-hybridized carbons (Fsp3) is 0.0909. The quantitative estimate of drug-likeness (QED) is 0.668. The van der Waals surface area contributed by atoms with Gasteiger partial charge in [-0.25, -0.2) is 4.52 Å². The summed E-state index contributed by atoms with van der Waals surface area (Å²) in [7, 11) is 0. The zero-order valence-corrected chi connectivity index (χ0v) is 10.2. The van der Waals surface area contributed by atoms with E-state index in [2.05, 4.69) is 23.1 Å². The van der Waals surface area contributed by atoms with Crippen LogP contribution in [0.15, 0.2) is 29.9 Å². The molecule has 0 aliphatic carbocycles. The lowest BCUT2D eigenvalue weighted by atomic mass is 10.2. The third-order valence-corrected chi connectivity index (χ3v) is 3.55. The standard InChI is InChI=1S/C11H9N3S2/c1-7-2-3-14-10(4-7)8(5-12-14)9-6-16-11(15)13-9/h2-6H,1H3,(H,13,15). The van der Waals surface area contributed by atoms with Gasteiger partial charge in [0.2, 0.25) is 0 Å². The topological polar surface area (TPSA) is 33.1 Å². The van der Waals surface area contributed by atoms with Crippen LogP contribution in [0.3, 0.4) is 0 Å². The Labute approximate surface area is 101 Å². The Morgan fingerprint density at radius 3 is 3.12 bits per heavy atom. The SMILES string of the molecule is Cc1ccn2ncc(-c3csc(=S)[nH]3)c2c1. The molecule has 0 atom stereocenters. The molecule has 0 saturated carbocycles. The maximum atomic E-state index is 5.09. The molecule has 0 aliphatic rings. The van der Waals surface area contributed by atoms with Gasteiger partial charge in [-0.3, -0.25) is 0 Å². The molecule has 0 unspecified atom stereocenters. The van der Waals surface area contributed by atoms with Crippen molar-refractivity contribution < 1.29 is 0 Å².